The summed E-state index contributed by atoms with van der Waals surface area (Å²) >= 11 is 7.15. The quantitative estimate of drug-likeness (QED) is 0.261. The molecule has 3 nitrogen and oxygen atoms in total. The molecule has 0 rings (SSSR count). The number of thiol groups is 2. The maximum absolute atomic E-state index is 10.2. The summed E-state index contributed by atoms with van der Waals surface area (Å²) in [4.78, 5) is 20.5. The SMILES string of the molecule is O=C(CS)OC(=O)CS.[NaH]. The molecule has 6 heteroatoms. The second-order valence-corrected chi connectivity index (χ2v) is 1.79. The average molecular weight is 190 g/mol. The van der Waals surface area contributed by atoms with E-state index in [1.54, 1.807) is 0 Å². The van der Waals surface area contributed by atoms with Crippen LogP contribution >= 0.6 is 25.3 Å². The molecule has 0 saturated carbocycles. The first-order chi connectivity index (χ1) is 4.20. The summed E-state index contributed by atoms with van der Waals surface area (Å²) in [5, 5.41) is 0. The fraction of sp³-hybridized carbons (Fsp3) is 0.500. The number of hydrogen-bond donors (Lipinski definition) is 2. The topological polar surface area (TPSA) is 43.4 Å². The van der Waals surface area contributed by atoms with Gasteiger partial charge in [0.25, 0.3) is 0 Å². The van der Waals surface area contributed by atoms with Crippen LogP contribution in [-0.2, 0) is 14.3 Å². The molecule has 0 unspecified atom stereocenters. The average Bonchev–Trinajstić information content (AvgIpc) is 1.87. The van der Waals surface area contributed by atoms with E-state index in [4.69, 9.17) is 0 Å². The van der Waals surface area contributed by atoms with Crippen LogP contribution in [0, 0.1) is 0 Å². The minimum absolute atomic E-state index is 0. The first-order valence-electron chi connectivity index (χ1n) is 2.16. The molecule has 10 heavy (non-hydrogen) atoms. The summed E-state index contributed by atoms with van der Waals surface area (Å²) in [5.74, 6) is -1.45. The number of carbonyl (C=O) groups excluding carboxylic acids is 2. The third kappa shape index (κ3) is 6.95. The minimum atomic E-state index is -0.641. The summed E-state index contributed by atoms with van der Waals surface area (Å²) in [6, 6.07) is 0. The number of rotatable bonds is 2. The third-order valence-corrected chi connectivity index (χ3v) is 1.00. The van der Waals surface area contributed by atoms with Gasteiger partial charge in [0.05, 0.1) is 11.5 Å². The van der Waals surface area contributed by atoms with Gasteiger partial charge in [0.15, 0.2) is 0 Å². The van der Waals surface area contributed by atoms with E-state index in [0.29, 0.717) is 0 Å². The molecule has 0 fully saturated rings. The van der Waals surface area contributed by atoms with Gasteiger partial charge in [0, 0.05) is 0 Å². The number of ether oxygens (including phenoxy) is 1. The van der Waals surface area contributed by atoms with Gasteiger partial charge in [0.2, 0.25) is 0 Å². The van der Waals surface area contributed by atoms with Gasteiger partial charge >= 0.3 is 41.5 Å². The van der Waals surface area contributed by atoms with Crippen LogP contribution in [0.15, 0.2) is 0 Å². The van der Waals surface area contributed by atoms with Crippen LogP contribution in [-0.4, -0.2) is 53.0 Å². The Balaban J connectivity index is 0. The van der Waals surface area contributed by atoms with Crippen LogP contribution in [0.4, 0.5) is 0 Å². The Hall–Kier alpha value is 0.840. The Morgan fingerprint density at radius 2 is 1.40 bits per heavy atom. The monoisotopic (exact) mass is 190 g/mol. The molecule has 0 aliphatic heterocycles. The summed E-state index contributed by atoms with van der Waals surface area (Å²) in [5.41, 5.74) is 0. The normalized spacial score (nSPS) is 7.80. The summed E-state index contributed by atoms with van der Waals surface area (Å²) in [7, 11) is 0. The maximum atomic E-state index is 10.2. The predicted octanol–water partition coefficient (Wildman–Crippen LogP) is -0.733. The van der Waals surface area contributed by atoms with Crippen molar-refractivity contribution in [3.63, 3.8) is 0 Å². The zero-order valence-corrected chi connectivity index (χ0v) is 6.32. The molecule has 0 bridgehead atoms. The van der Waals surface area contributed by atoms with Crippen LogP contribution in [0.1, 0.15) is 0 Å². The first-order valence-corrected chi connectivity index (χ1v) is 3.42. The second kappa shape index (κ2) is 7.94. The number of hydrogen-bond acceptors (Lipinski definition) is 5. The van der Waals surface area contributed by atoms with Crippen molar-refractivity contribution in [3.8, 4) is 0 Å². The molecule has 54 valence electrons. The molecule has 0 aromatic carbocycles. The van der Waals surface area contributed by atoms with E-state index in [1.165, 1.54) is 0 Å². The first kappa shape index (κ1) is 13.4. The van der Waals surface area contributed by atoms with Crippen LogP contribution in [0.3, 0.4) is 0 Å². The number of carbonyl (C=O) groups is 2. The van der Waals surface area contributed by atoms with E-state index in [-0.39, 0.29) is 41.1 Å². The molecule has 0 aromatic heterocycles. The van der Waals surface area contributed by atoms with Crippen molar-refractivity contribution in [2.24, 2.45) is 0 Å². The van der Waals surface area contributed by atoms with Crippen LogP contribution in [0.5, 0.6) is 0 Å². The van der Waals surface area contributed by atoms with Gasteiger partial charge < -0.3 is 4.74 Å². The summed E-state index contributed by atoms with van der Waals surface area (Å²) in [6.45, 7) is 0. The van der Waals surface area contributed by atoms with Crippen molar-refractivity contribution < 1.29 is 14.3 Å². The van der Waals surface area contributed by atoms with Gasteiger partial charge in [-0.05, 0) is 0 Å². The zero-order valence-electron chi connectivity index (χ0n) is 4.53. The molecule has 0 saturated heterocycles. The van der Waals surface area contributed by atoms with Crippen molar-refractivity contribution in [3.05, 3.63) is 0 Å². The van der Waals surface area contributed by atoms with Crippen molar-refractivity contribution in [1.29, 1.82) is 0 Å². The van der Waals surface area contributed by atoms with Gasteiger partial charge in [0.1, 0.15) is 0 Å². The standard InChI is InChI=1S/C4H6O3S2.Na.H/c5-3(1-8)7-4(6)2-9;;/h8-9H,1-2H2;;. The van der Waals surface area contributed by atoms with Crippen LogP contribution < -0.4 is 0 Å². The Labute approximate surface area is 92.0 Å². The Morgan fingerprint density at radius 1 is 1.10 bits per heavy atom. The molecule has 0 aliphatic rings. The third-order valence-electron chi connectivity index (χ3n) is 0.486. The fourth-order valence-electron chi connectivity index (χ4n) is 0.192. The van der Waals surface area contributed by atoms with E-state index in [9.17, 15) is 9.59 Å². The van der Waals surface area contributed by atoms with E-state index in [0.717, 1.165) is 0 Å². The van der Waals surface area contributed by atoms with E-state index >= 15 is 0 Å². The molecule has 0 N–H and O–H groups in total. The molecular formula is C4H7NaO3S2. The fourth-order valence-corrected chi connectivity index (χ4v) is 0.321. The van der Waals surface area contributed by atoms with Gasteiger partial charge in [-0.3, -0.25) is 9.59 Å². The predicted molar refractivity (Wildman–Crippen MR) is 46.0 cm³/mol. The molecule has 0 aromatic rings. The van der Waals surface area contributed by atoms with E-state index < -0.39 is 11.9 Å². The zero-order chi connectivity index (χ0) is 7.28. The summed E-state index contributed by atoms with van der Waals surface area (Å²) in [6.07, 6.45) is 0. The molecule has 0 atom stereocenters. The van der Waals surface area contributed by atoms with Crippen molar-refractivity contribution in [2.75, 3.05) is 11.5 Å². The van der Waals surface area contributed by atoms with Crippen LogP contribution in [0.25, 0.3) is 0 Å². The molecule has 0 radical (unpaired) electrons. The Morgan fingerprint density at radius 3 is 1.60 bits per heavy atom. The van der Waals surface area contributed by atoms with Crippen molar-refractivity contribution in [2.45, 2.75) is 0 Å². The van der Waals surface area contributed by atoms with E-state index in [1.807, 2.05) is 0 Å². The van der Waals surface area contributed by atoms with Gasteiger partial charge in [-0.1, -0.05) is 0 Å². The summed E-state index contributed by atoms with van der Waals surface area (Å²) < 4.78 is 4.12. The Kier molecular flexibility index (Phi) is 10.7. The molecular weight excluding hydrogens is 183 g/mol. The molecule has 0 aliphatic carbocycles. The molecule has 0 spiro atoms. The second-order valence-electron chi connectivity index (χ2n) is 1.16. The van der Waals surface area contributed by atoms with Gasteiger partial charge in [-0.15, -0.1) is 0 Å². The van der Waals surface area contributed by atoms with Gasteiger partial charge in [-0.2, -0.15) is 25.3 Å². The van der Waals surface area contributed by atoms with Crippen LogP contribution in [0.2, 0.25) is 0 Å². The molecule has 0 amide bonds. The Bertz CT molecular complexity index is 114. The molecule has 0 heterocycles. The van der Waals surface area contributed by atoms with Crippen molar-refractivity contribution in [1.82, 2.24) is 0 Å². The van der Waals surface area contributed by atoms with Crippen molar-refractivity contribution >= 4 is 66.8 Å². The van der Waals surface area contributed by atoms with E-state index in [2.05, 4.69) is 30.0 Å². The van der Waals surface area contributed by atoms with Gasteiger partial charge in [-0.25, -0.2) is 0 Å². The number of esters is 2.